The van der Waals surface area contributed by atoms with Gasteiger partial charge in [0.1, 0.15) is 0 Å². The van der Waals surface area contributed by atoms with E-state index in [9.17, 15) is 10.1 Å². The van der Waals surface area contributed by atoms with Gasteiger partial charge >= 0.3 is 5.69 Å². The zero-order valence-corrected chi connectivity index (χ0v) is 16.8. The van der Waals surface area contributed by atoms with Crippen molar-refractivity contribution in [3.8, 4) is 5.69 Å². The van der Waals surface area contributed by atoms with Crippen LogP contribution in [0.3, 0.4) is 0 Å². The summed E-state index contributed by atoms with van der Waals surface area (Å²) in [6, 6.07) is 26.2. The molecule has 0 saturated heterocycles. The molecule has 1 heterocycles. The first-order chi connectivity index (χ1) is 15.1. The van der Waals surface area contributed by atoms with Crippen molar-refractivity contribution in [3.05, 3.63) is 106 Å². The Morgan fingerprint density at radius 3 is 2.29 bits per heavy atom. The maximum absolute atomic E-state index is 12.0. The minimum absolute atomic E-state index is 0.133. The molecule has 0 bridgehead atoms. The zero-order chi connectivity index (χ0) is 21.6. The molecule has 2 N–H and O–H groups in total. The lowest BCUT2D eigenvalue weighted by Crippen LogP contribution is -2.04. The number of nitrogens with zero attached hydrogens (tertiary/aromatic N) is 4. The normalized spacial score (nSPS) is 10.9. The number of hydrazone groups is 1. The van der Waals surface area contributed by atoms with Crippen molar-refractivity contribution < 1.29 is 4.92 Å². The molecule has 0 aliphatic carbocycles. The summed E-state index contributed by atoms with van der Waals surface area (Å²) in [5, 5.41) is 23.8. The van der Waals surface area contributed by atoms with E-state index in [2.05, 4.69) is 20.9 Å². The third-order valence-electron chi connectivity index (χ3n) is 4.62. The van der Waals surface area contributed by atoms with E-state index in [1.54, 1.807) is 0 Å². The second-order valence-corrected chi connectivity index (χ2v) is 6.76. The van der Waals surface area contributed by atoms with Crippen molar-refractivity contribution in [1.82, 2.24) is 9.78 Å². The second-order valence-electron chi connectivity index (χ2n) is 6.76. The third-order valence-corrected chi connectivity index (χ3v) is 4.62. The van der Waals surface area contributed by atoms with Crippen LogP contribution in [0.1, 0.15) is 11.3 Å². The Morgan fingerprint density at radius 1 is 0.968 bits per heavy atom. The molecule has 0 amide bonds. The van der Waals surface area contributed by atoms with Gasteiger partial charge in [-0.05, 0) is 42.8 Å². The van der Waals surface area contributed by atoms with E-state index in [1.165, 1.54) is 10.9 Å². The summed E-state index contributed by atoms with van der Waals surface area (Å²) in [4.78, 5) is 11.6. The first-order valence-corrected chi connectivity index (χ1v) is 9.63. The molecule has 0 fully saturated rings. The van der Waals surface area contributed by atoms with E-state index in [0.29, 0.717) is 5.69 Å². The highest BCUT2D eigenvalue weighted by atomic mass is 16.6. The van der Waals surface area contributed by atoms with Gasteiger partial charge in [0.15, 0.2) is 5.69 Å². The fourth-order valence-electron chi connectivity index (χ4n) is 3.08. The molecule has 8 heteroatoms. The number of nitrogens with one attached hydrogen (secondary N) is 2. The topological polar surface area (TPSA) is 97.4 Å². The summed E-state index contributed by atoms with van der Waals surface area (Å²) in [7, 11) is 0. The number of aromatic nitrogens is 2. The van der Waals surface area contributed by atoms with E-state index in [-0.39, 0.29) is 17.2 Å². The number of rotatable bonds is 7. The molecule has 0 spiro atoms. The van der Waals surface area contributed by atoms with Gasteiger partial charge in [-0.15, -0.1) is 0 Å². The monoisotopic (exact) mass is 412 g/mol. The summed E-state index contributed by atoms with van der Waals surface area (Å²) in [5.41, 5.74) is 6.01. The molecule has 0 unspecified atom stereocenters. The molecule has 0 saturated carbocycles. The number of aryl methyl sites for hydroxylation is 1. The van der Waals surface area contributed by atoms with Crippen LogP contribution >= 0.6 is 0 Å². The quantitative estimate of drug-likeness (QED) is 0.245. The van der Waals surface area contributed by atoms with Crippen LogP contribution in [-0.2, 0) is 0 Å². The number of anilines is 3. The average molecular weight is 412 g/mol. The van der Waals surface area contributed by atoms with Crippen molar-refractivity contribution >= 4 is 29.1 Å². The lowest BCUT2D eigenvalue weighted by atomic mass is 10.2. The molecular formula is C23H20N6O2. The van der Waals surface area contributed by atoms with Crippen LogP contribution in [-0.4, -0.2) is 20.9 Å². The molecule has 4 aromatic rings. The van der Waals surface area contributed by atoms with E-state index < -0.39 is 4.92 Å². The Kier molecular flexibility index (Phi) is 5.70. The van der Waals surface area contributed by atoms with Gasteiger partial charge in [-0.1, -0.05) is 54.6 Å². The molecule has 154 valence electrons. The van der Waals surface area contributed by atoms with Crippen molar-refractivity contribution in [2.45, 2.75) is 6.92 Å². The van der Waals surface area contributed by atoms with Gasteiger partial charge < -0.3 is 5.32 Å². The number of hydrogen-bond acceptors (Lipinski definition) is 6. The van der Waals surface area contributed by atoms with Crippen LogP contribution in [0.5, 0.6) is 0 Å². The minimum atomic E-state index is -0.448. The molecule has 31 heavy (non-hydrogen) atoms. The molecule has 0 aliphatic rings. The minimum Gasteiger partial charge on any atom is -0.334 e. The van der Waals surface area contributed by atoms with Gasteiger partial charge in [0.2, 0.25) is 5.82 Å². The highest BCUT2D eigenvalue weighted by Crippen LogP contribution is 2.33. The smallest absolute Gasteiger partial charge is 0.334 e. The summed E-state index contributed by atoms with van der Waals surface area (Å²) >= 11 is 0. The van der Waals surface area contributed by atoms with Crippen LogP contribution in [0.15, 0.2) is 90.0 Å². The Labute approximate surface area is 179 Å². The lowest BCUT2D eigenvalue weighted by Gasteiger charge is -2.11. The van der Waals surface area contributed by atoms with Crippen LogP contribution in [0.25, 0.3) is 5.69 Å². The second kappa shape index (κ2) is 8.91. The fraction of sp³-hybridized carbons (Fsp3) is 0.0435. The summed E-state index contributed by atoms with van der Waals surface area (Å²) < 4.78 is 1.52. The van der Waals surface area contributed by atoms with Crippen molar-refractivity contribution in [3.63, 3.8) is 0 Å². The van der Waals surface area contributed by atoms with Gasteiger partial charge in [0.05, 0.1) is 22.5 Å². The standard InChI is InChI=1S/C23H20N6O2/c1-17-10-8-9-15-20(17)25-23-22(29(30)31)21(16-24-26-18-11-4-2-5-12-18)27-28(23)19-13-6-3-7-14-19/h2-16,25-26H,1H3/b24-16-. The molecule has 1 aromatic heterocycles. The Morgan fingerprint density at radius 2 is 1.61 bits per heavy atom. The molecule has 0 atom stereocenters. The number of benzene rings is 3. The number of hydrogen-bond donors (Lipinski definition) is 2. The molecule has 4 rings (SSSR count). The lowest BCUT2D eigenvalue weighted by molar-refractivity contribution is -0.384. The summed E-state index contributed by atoms with van der Waals surface area (Å²) in [6.45, 7) is 1.93. The van der Waals surface area contributed by atoms with Gasteiger partial charge in [-0.2, -0.15) is 10.2 Å². The van der Waals surface area contributed by atoms with Crippen LogP contribution in [0.4, 0.5) is 22.9 Å². The number of nitro groups is 1. The van der Waals surface area contributed by atoms with Gasteiger partial charge in [0.25, 0.3) is 0 Å². The van der Waals surface area contributed by atoms with E-state index >= 15 is 0 Å². The molecule has 8 nitrogen and oxygen atoms in total. The molecule has 3 aromatic carbocycles. The van der Waals surface area contributed by atoms with Crippen molar-refractivity contribution in [2.24, 2.45) is 5.10 Å². The maximum Gasteiger partial charge on any atom is 0.340 e. The summed E-state index contributed by atoms with van der Waals surface area (Å²) in [6.07, 6.45) is 1.35. The van der Waals surface area contributed by atoms with Crippen molar-refractivity contribution in [1.29, 1.82) is 0 Å². The Hall–Kier alpha value is -4.46. The highest BCUT2D eigenvalue weighted by molar-refractivity contribution is 5.89. The largest absolute Gasteiger partial charge is 0.340 e. The SMILES string of the molecule is Cc1ccccc1Nc1c([N+](=O)[O-])c(/C=N\Nc2ccccc2)nn1-c1ccccc1. The Bertz CT molecular complexity index is 1220. The van der Waals surface area contributed by atoms with Crippen LogP contribution in [0, 0.1) is 17.0 Å². The van der Waals surface area contributed by atoms with E-state index in [4.69, 9.17) is 0 Å². The maximum atomic E-state index is 12.0. The fourth-order valence-corrected chi connectivity index (χ4v) is 3.08. The summed E-state index contributed by atoms with van der Waals surface area (Å²) in [5.74, 6) is 0.256. The Balaban J connectivity index is 1.79. The molecule has 0 radical (unpaired) electrons. The zero-order valence-electron chi connectivity index (χ0n) is 16.8. The van der Waals surface area contributed by atoms with Crippen LogP contribution in [0.2, 0.25) is 0 Å². The highest BCUT2D eigenvalue weighted by Gasteiger charge is 2.28. The van der Waals surface area contributed by atoms with Gasteiger partial charge in [-0.3, -0.25) is 15.5 Å². The predicted molar refractivity (Wildman–Crippen MR) is 122 cm³/mol. The van der Waals surface area contributed by atoms with Gasteiger partial charge in [-0.25, -0.2) is 4.68 Å². The third kappa shape index (κ3) is 4.43. The average Bonchev–Trinajstić information content (AvgIpc) is 3.15. The first kappa shape index (κ1) is 19.8. The number of para-hydroxylation sites is 3. The van der Waals surface area contributed by atoms with E-state index in [0.717, 1.165) is 16.9 Å². The van der Waals surface area contributed by atoms with Crippen LogP contribution < -0.4 is 10.7 Å². The molecular weight excluding hydrogens is 392 g/mol. The first-order valence-electron chi connectivity index (χ1n) is 9.63. The van der Waals surface area contributed by atoms with E-state index in [1.807, 2.05) is 91.9 Å². The van der Waals surface area contributed by atoms with Crippen molar-refractivity contribution in [2.75, 3.05) is 10.7 Å². The molecule has 0 aliphatic heterocycles. The van der Waals surface area contributed by atoms with Gasteiger partial charge in [0, 0.05) is 5.69 Å². The predicted octanol–water partition coefficient (Wildman–Crippen LogP) is 5.28.